The van der Waals surface area contributed by atoms with Crippen LogP contribution in [0.2, 0.25) is 5.02 Å². The molecular formula is C11H11ClF3NO2. The molecule has 1 rings (SSSR count). The maximum absolute atomic E-state index is 12.4. The van der Waals surface area contributed by atoms with Crippen LogP contribution in [0.25, 0.3) is 0 Å². The number of ether oxygens (including phenoxy) is 1. The van der Waals surface area contributed by atoms with Gasteiger partial charge in [0.05, 0.1) is 0 Å². The highest BCUT2D eigenvalue weighted by Gasteiger charge is 2.55. The van der Waals surface area contributed by atoms with E-state index >= 15 is 0 Å². The second-order valence-corrected chi connectivity index (χ2v) is 4.27. The smallest absolute Gasteiger partial charge is 0.416 e. The molecule has 1 aromatic rings. The number of carbonyl (C=O) groups is 1. The Morgan fingerprint density at radius 2 is 1.94 bits per heavy atom. The average Bonchev–Trinajstić information content (AvgIpc) is 2.26. The first-order valence-electron chi connectivity index (χ1n) is 4.92. The van der Waals surface area contributed by atoms with E-state index in [0.29, 0.717) is 17.5 Å². The zero-order valence-corrected chi connectivity index (χ0v) is 10.2. The lowest BCUT2D eigenvalue weighted by atomic mass is 10.0. The van der Waals surface area contributed by atoms with Gasteiger partial charge in [0.25, 0.3) is 0 Å². The van der Waals surface area contributed by atoms with Crippen molar-refractivity contribution < 1.29 is 22.7 Å². The molecule has 3 nitrogen and oxygen atoms in total. The Morgan fingerprint density at radius 3 is 2.44 bits per heavy atom. The summed E-state index contributed by atoms with van der Waals surface area (Å²) in [6.07, 6.45) is -4.87. The number of halogens is 4. The monoisotopic (exact) mass is 281 g/mol. The van der Waals surface area contributed by atoms with Crippen molar-refractivity contribution >= 4 is 17.6 Å². The number of alkyl halides is 3. The van der Waals surface area contributed by atoms with E-state index in [4.69, 9.17) is 17.3 Å². The molecule has 0 saturated carbocycles. The van der Waals surface area contributed by atoms with Gasteiger partial charge in [-0.25, -0.2) is 4.79 Å². The number of carbonyl (C=O) groups excluding carboxylic acids is 1. The first-order chi connectivity index (χ1) is 8.16. The lowest BCUT2D eigenvalue weighted by molar-refractivity contribution is -0.202. The Morgan fingerprint density at radius 1 is 1.39 bits per heavy atom. The number of esters is 1. The summed E-state index contributed by atoms with van der Waals surface area (Å²) >= 11 is 5.77. The molecule has 18 heavy (non-hydrogen) atoms. The van der Waals surface area contributed by atoms with Gasteiger partial charge in [-0.3, -0.25) is 0 Å². The van der Waals surface area contributed by atoms with E-state index in [9.17, 15) is 18.0 Å². The van der Waals surface area contributed by atoms with Crippen molar-refractivity contribution in [3.63, 3.8) is 0 Å². The van der Waals surface area contributed by atoms with Crippen LogP contribution in [0.15, 0.2) is 24.3 Å². The van der Waals surface area contributed by atoms with Crippen LogP contribution in [0, 0.1) is 0 Å². The van der Waals surface area contributed by atoms with Gasteiger partial charge in [-0.1, -0.05) is 29.8 Å². The predicted molar refractivity (Wildman–Crippen MR) is 59.9 cm³/mol. The molecule has 0 aliphatic rings. The Labute approximate surface area is 107 Å². The van der Waals surface area contributed by atoms with Gasteiger partial charge in [0.1, 0.15) is 6.61 Å². The number of rotatable bonds is 3. The van der Waals surface area contributed by atoms with Crippen molar-refractivity contribution in [2.24, 2.45) is 5.73 Å². The molecule has 0 radical (unpaired) electrons. The van der Waals surface area contributed by atoms with E-state index in [1.54, 1.807) is 12.1 Å². The summed E-state index contributed by atoms with van der Waals surface area (Å²) in [6, 6.07) is 6.35. The van der Waals surface area contributed by atoms with Crippen LogP contribution in [-0.4, -0.2) is 17.7 Å². The molecular weight excluding hydrogens is 271 g/mol. The number of nitrogens with two attached hydrogens (primary N) is 1. The number of benzene rings is 1. The van der Waals surface area contributed by atoms with Crippen LogP contribution in [0.1, 0.15) is 12.5 Å². The summed E-state index contributed by atoms with van der Waals surface area (Å²) in [4.78, 5) is 11.3. The van der Waals surface area contributed by atoms with E-state index in [0.717, 1.165) is 0 Å². The van der Waals surface area contributed by atoms with Gasteiger partial charge in [-0.05, 0) is 13.0 Å². The van der Waals surface area contributed by atoms with Gasteiger partial charge < -0.3 is 10.5 Å². The van der Waals surface area contributed by atoms with Gasteiger partial charge in [-0.2, -0.15) is 13.2 Å². The maximum Gasteiger partial charge on any atom is 0.416 e. The molecule has 0 aliphatic carbocycles. The second-order valence-electron chi connectivity index (χ2n) is 3.87. The van der Waals surface area contributed by atoms with Gasteiger partial charge in [0.15, 0.2) is 0 Å². The van der Waals surface area contributed by atoms with Gasteiger partial charge in [0, 0.05) is 10.6 Å². The lowest BCUT2D eigenvalue weighted by Gasteiger charge is -2.25. The van der Waals surface area contributed by atoms with Crippen molar-refractivity contribution in [2.45, 2.75) is 25.2 Å². The van der Waals surface area contributed by atoms with Gasteiger partial charge >= 0.3 is 12.1 Å². The molecule has 0 aliphatic heterocycles. The summed E-state index contributed by atoms with van der Waals surface area (Å²) in [5, 5.41) is 0.302. The van der Waals surface area contributed by atoms with Crippen LogP contribution in [-0.2, 0) is 16.1 Å². The summed E-state index contributed by atoms with van der Waals surface area (Å²) in [7, 11) is 0. The second kappa shape index (κ2) is 5.16. The largest absolute Gasteiger partial charge is 0.459 e. The van der Waals surface area contributed by atoms with Crippen LogP contribution >= 0.6 is 11.6 Å². The summed E-state index contributed by atoms with van der Waals surface area (Å²) in [6.45, 7) is 0.198. The third kappa shape index (κ3) is 3.14. The molecule has 0 heterocycles. The molecule has 1 atom stereocenters. The third-order valence-corrected chi connectivity index (χ3v) is 2.70. The van der Waals surface area contributed by atoms with Gasteiger partial charge in [-0.15, -0.1) is 0 Å². The zero-order chi connectivity index (χ0) is 14.0. The van der Waals surface area contributed by atoms with Crippen molar-refractivity contribution in [1.82, 2.24) is 0 Å². The van der Waals surface area contributed by atoms with Crippen molar-refractivity contribution in [2.75, 3.05) is 0 Å². The van der Waals surface area contributed by atoms with Crippen molar-refractivity contribution in [1.29, 1.82) is 0 Å². The Hall–Kier alpha value is -1.27. The molecule has 0 amide bonds. The molecule has 0 aromatic heterocycles. The lowest BCUT2D eigenvalue weighted by Crippen LogP contribution is -2.57. The Kier molecular flexibility index (Phi) is 4.24. The predicted octanol–water partition coefficient (Wildman–Crippen LogP) is 2.66. The van der Waals surface area contributed by atoms with Crippen LogP contribution < -0.4 is 5.73 Å². The molecule has 0 bridgehead atoms. The van der Waals surface area contributed by atoms with Crippen LogP contribution in [0.4, 0.5) is 13.2 Å². The first kappa shape index (κ1) is 14.8. The minimum Gasteiger partial charge on any atom is -0.459 e. The summed E-state index contributed by atoms with van der Waals surface area (Å²) < 4.78 is 41.8. The van der Waals surface area contributed by atoms with Crippen LogP contribution in [0.5, 0.6) is 0 Å². The molecule has 1 unspecified atom stereocenters. The normalized spacial score (nSPS) is 15.0. The quantitative estimate of drug-likeness (QED) is 0.867. The molecule has 0 fully saturated rings. The molecule has 100 valence electrons. The van der Waals surface area contributed by atoms with E-state index < -0.39 is 17.7 Å². The van der Waals surface area contributed by atoms with Crippen molar-refractivity contribution in [3.8, 4) is 0 Å². The molecule has 1 aromatic carbocycles. The molecule has 0 saturated heterocycles. The molecule has 7 heteroatoms. The minimum absolute atomic E-state index is 0.302. The van der Waals surface area contributed by atoms with Crippen molar-refractivity contribution in [3.05, 3.63) is 34.9 Å². The number of hydrogen-bond donors (Lipinski definition) is 1. The minimum atomic E-state index is -4.87. The summed E-state index contributed by atoms with van der Waals surface area (Å²) in [5.74, 6) is -1.55. The van der Waals surface area contributed by atoms with E-state index in [2.05, 4.69) is 4.74 Å². The third-order valence-electron chi connectivity index (χ3n) is 2.33. The summed E-state index contributed by atoms with van der Waals surface area (Å²) in [5.41, 5.74) is 2.28. The van der Waals surface area contributed by atoms with E-state index in [1.807, 2.05) is 0 Å². The van der Waals surface area contributed by atoms with E-state index in [1.165, 1.54) is 12.1 Å². The highest BCUT2D eigenvalue weighted by Crippen LogP contribution is 2.29. The first-order valence-corrected chi connectivity index (χ1v) is 5.30. The Bertz CT molecular complexity index is 446. The topological polar surface area (TPSA) is 52.3 Å². The maximum atomic E-state index is 12.4. The number of hydrogen-bond acceptors (Lipinski definition) is 3. The fourth-order valence-electron chi connectivity index (χ4n) is 1.02. The zero-order valence-electron chi connectivity index (χ0n) is 9.42. The van der Waals surface area contributed by atoms with Crippen LogP contribution in [0.3, 0.4) is 0 Å². The average molecular weight is 282 g/mol. The highest BCUT2D eigenvalue weighted by atomic mass is 35.5. The SMILES string of the molecule is CC(N)(C(=O)OCc1ccccc1Cl)C(F)(F)F. The highest BCUT2D eigenvalue weighted by molar-refractivity contribution is 6.31. The molecule has 0 spiro atoms. The van der Waals surface area contributed by atoms with Gasteiger partial charge in [0.2, 0.25) is 5.54 Å². The molecule has 2 N–H and O–H groups in total. The fraction of sp³-hybridized carbons (Fsp3) is 0.364. The standard InChI is InChI=1S/C11H11ClF3NO2/c1-10(16,11(13,14)15)9(17)18-6-7-4-2-3-5-8(7)12/h2-5H,6,16H2,1H3. The fourth-order valence-corrected chi connectivity index (χ4v) is 1.21. The Balaban J connectivity index is 2.71. The van der Waals surface area contributed by atoms with E-state index in [-0.39, 0.29) is 6.61 Å².